The first-order chi connectivity index (χ1) is 13.6. The van der Waals surface area contributed by atoms with Gasteiger partial charge in [-0.15, -0.1) is 21.5 Å². The van der Waals surface area contributed by atoms with Crippen molar-refractivity contribution in [1.82, 2.24) is 14.8 Å². The Bertz CT molecular complexity index is 953. The van der Waals surface area contributed by atoms with Gasteiger partial charge in [0.05, 0.1) is 17.9 Å². The molecule has 146 valence electrons. The third kappa shape index (κ3) is 4.79. The van der Waals surface area contributed by atoms with Crippen LogP contribution in [0.3, 0.4) is 0 Å². The van der Waals surface area contributed by atoms with Gasteiger partial charge in [0.2, 0.25) is 5.91 Å². The van der Waals surface area contributed by atoms with Crippen molar-refractivity contribution in [3.63, 3.8) is 0 Å². The van der Waals surface area contributed by atoms with Gasteiger partial charge in [0.1, 0.15) is 11.3 Å². The number of anilines is 1. The quantitative estimate of drug-likeness (QED) is 0.444. The van der Waals surface area contributed by atoms with Crippen LogP contribution in [0, 0.1) is 0 Å². The number of nitrogens with zero attached hydrogens (tertiary/aromatic N) is 3. The van der Waals surface area contributed by atoms with E-state index >= 15 is 0 Å². The topological polar surface area (TPSA) is 86.1 Å². The number of nitrogens with one attached hydrogen (secondary N) is 1. The lowest BCUT2D eigenvalue weighted by Gasteiger charge is -2.07. The molecule has 0 aliphatic heterocycles. The Morgan fingerprint density at radius 1 is 1.25 bits per heavy atom. The number of aromatic nitrogens is 3. The van der Waals surface area contributed by atoms with E-state index < -0.39 is 5.97 Å². The molecule has 3 aromatic rings. The number of thioether (sulfide) groups is 1. The highest BCUT2D eigenvalue weighted by Crippen LogP contribution is 2.30. The standard InChI is InChI=1S/C19H20N4O3S2/c1-3-14-10-15(18(25)26-4-2)17(28-14)21-16(24)11-27-19-22-20-12-23(19)13-8-6-5-7-9-13/h5-10,12H,3-4,11H2,1-2H3,(H,21,24). The zero-order valence-electron chi connectivity index (χ0n) is 15.5. The summed E-state index contributed by atoms with van der Waals surface area (Å²) < 4.78 is 6.90. The van der Waals surface area contributed by atoms with Crippen molar-refractivity contribution >= 4 is 40.0 Å². The predicted molar refractivity (Wildman–Crippen MR) is 110 cm³/mol. The van der Waals surface area contributed by atoms with E-state index in [-0.39, 0.29) is 18.3 Å². The SMILES string of the molecule is CCOC(=O)c1cc(CC)sc1NC(=O)CSc1nncn1-c1ccccc1. The van der Waals surface area contributed by atoms with Crippen molar-refractivity contribution in [3.8, 4) is 5.69 Å². The van der Waals surface area contributed by atoms with Gasteiger partial charge < -0.3 is 10.1 Å². The molecule has 28 heavy (non-hydrogen) atoms. The molecule has 0 atom stereocenters. The molecule has 7 nitrogen and oxygen atoms in total. The number of ether oxygens (including phenoxy) is 1. The molecule has 1 N–H and O–H groups in total. The minimum atomic E-state index is -0.426. The van der Waals surface area contributed by atoms with Gasteiger partial charge in [0.25, 0.3) is 0 Å². The number of amides is 1. The predicted octanol–water partition coefficient (Wildman–Crippen LogP) is 3.80. The summed E-state index contributed by atoms with van der Waals surface area (Å²) in [6, 6.07) is 11.4. The molecule has 0 saturated carbocycles. The number of rotatable bonds is 8. The first-order valence-corrected chi connectivity index (χ1v) is 10.6. The zero-order chi connectivity index (χ0) is 19.9. The Kier molecular flexibility index (Phi) is 6.83. The Morgan fingerprint density at radius 2 is 2.04 bits per heavy atom. The van der Waals surface area contributed by atoms with Crippen LogP contribution in [0.15, 0.2) is 47.9 Å². The Labute approximate surface area is 171 Å². The summed E-state index contributed by atoms with van der Waals surface area (Å²) in [5.74, 6) is -0.499. The van der Waals surface area contributed by atoms with Gasteiger partial charge in [0.15, 0.2) is 5.16 Å². The molecule has 2 heterocycles. The van der Waals surface area contributed by atoms with E-state index in [1.165, 1.54) is 23.1 Å². The summed E-state index contributed by atoms with van der Waals surface area (Å²) in [6.45, 7) is 4.04. The highest BCUT2D eigenvalue weighted by molar-refractivity contribution is 7.99. The van der Waals surface area contributed by atoms with Crippen molar-refractivity contribution in [2.24, 2.45) is 0 Å². The van der Waals surface area contributed by atoms with Gasteiger partial charge in [-0.3, -0.25) is 9.36 Å². The largest absolute Gasteiger partial charge is 0.462 e. The molecule has 0 unspecified atom stereocenters. The van der Waals surface area contributed by atoms with Crippen LogP contribution in [-0.2, 0) is 16.0 Å². The molecular formula is C19H20N4O3S2. The molecule has 0 spiro atoms. The average molecular weight is 417 g/mol. The fraction of sp³-hybridized carbons (Fsp3) is 0.263. The van der Waals surface area contributed by atoms with Crippen LogP contribution in [0.1, 0.15) is 29.1 Å². The molecule has 1 amide bonds. The number of hydrogen-bond donors (Lipinski definition) is 1. The molecule has 3 rings (SSSR count). The van der Waals surface area contributed by atoms with Crippen molar-refractivity contribution in [2.75, 3.05) is 17.7 Å². The second-order valence-electron chi connectivity index (χ2n) is 5.69. The molecule has 9 heteroatoms. The molecule has 0 radical (unpaired) electrons. The summed E-state index contributed by atoms with van der Waals surface area (Å²) in [7, 11) is 0. The number of carbonyl (C=O) groups excluding carboxylic acids is 2. The smallest absolute Gasteiger partial charge is 0.341 e. The minimum Gasteiger partial charge on any atom is -0.462 e. The highest BCUT2D eigenvalue weighted by atomic mass is 32.2. The van der Waals surface area contributed by atoms with E-state index in [0.717, 1.165) is 17.0 Å². The lowest BCUT2D eigenvalue weighted by Crippen LogP contribution is -2.16. The number of thiophene rings is 1. The summed E-state index contributed by atoms with van der Waals surface area (Å²) in [5, 5.41) is 12.0. The molecule has 2 aromatic heterocycles. The zero-order valence-corrected chi connectivity index (χ0v) is 17.2. The first kappa shape index (κ1) is 20.1. The summed E-state index contributed by atoms with van der Waals surface area (Å²) in [6.07, 6.45) is 2.39. The van der Waals surface area contributed by atoms with Gasteiger partial charge in [-0.05, 0) is 31.5 Å². The first-order valence-electron chi connectivity index (χ1n) is 8.80. The molecule has 0 bridgehead atoms. The maximum Gasteiger partial charge on any atom is 0.341 e. The van der Waals surface area contributed by atoms with E-state index in [1.54, 1.807) is 19.3 Å². The molecule has 0 fully saturated rings. The molecule has 0 saturated heterocycles. The normalized spacial score (nSPS) is 10.6. The fourth-order valence-corrected chi connectivity index (χ4v) is 4.18. The van der Waals surface area contributed by atoms with Crippen molar-refractivity contribution < 1.29 is 14.3 Å². The maximum atomic E-state index is 12.5. The van der Waals surface area contributed by atoms with Crippen molar-refractivity contribution in [3.05, 3.63) is 53.2 Å². The molecule has 0 aliphatic rings. The van der Waals surface area contributed by atoms with Gasteiger partial charge in [-0.25, -0.2) is 4.79 Å². The van der Waals surface area contributed by atoms with Gasteiger partial charge in [-0.1, -0.05) is 36.9 Å². The molecular weight excluding hydrogens is 396 g/mol. The van der Waals surface area contributed by atoms with Crippen LogP contribution >= 0.6 is 23.1 Å². The lowest BCUT2D eigenvalue weighted by atomic mass is 10.2. The third-order valence-electron chi connectivity index (χ3n) is 3.76. The second-order valence-corrected chi connectivity index (χ2v) is 7.76. The summed E-state index contributed by atoms with van der Waals surface area (Å²) >= 11 is 2.67. The second kappa shape index (κ2) is 9.52. The van der Waals surface area contributed by atoms with Gasteiger partial charge in [0, 0.05) is 10.6 Å². The Hall–Kier alpha value is -2.65. The Balaban J connectivity index is 1.67. The molecule has 0 aliphatic carbocycles. The van der Waals surface area contributed by atoms with Crippen LogP contribution in [0.2, 0.25) is 0 Å². The summed E-state index contributed by atoms with van der Waals surface area (Å²) in [4.78, 5) is 25.6. The number of hydrogen-bond acceptors (Lipinski definition) is 7. The monoisotopic (exact) mass is 416 g/mol. The van der Waals surface area contributed by atoms with Gasteiger partial charge in [-0.2, -0.15) is 0 Å². The van der Waals surface area contributed by atoms with Crippen molar-refractivity contribution in [2.45, 2.75) is 25.4 Å². The van der Waals surface area contributed by atoms with Gasteiger partial charge >= 0.3 is 5.97 Å². The Morgan fingerprint density at radius 3 is 2.75 bits per heavy atom. The maximum absolute atomic E-state index is 12.5. The van der Waals surface area contributed by atoms with Crippen LogP contribution in [0.25, 0.3) is 5.69 Å². The van der Waals surface area contributed by atoms with E-state index in [9.17, 15) is 9.59 Å². The molecule has 1 aromatic carbocycles. The van der Waals surface area contributed by atoms with Crippen molar-refractivity contribution in [1.29, 1.82) is 0 Å². The number of para-hydroxylation sites is 1. The number of esters is 1. The van der Waals surface area contributed by atoms with E-state index in [4.69, 9.17) is 4.74 Å². The number of aryl methyl sites for hydroxylation is 1. The lowest BCUT2D eigenvalue weighted by molar-refractivity contribution is -0.113. The van der Waals surface area contributed by atoms with Crippen LogP contribution in [-0.4, -0.2) is 39.0 Å². The fourth-order valence-electron chi connectivity index (χ4n) is 2.45. The van der Waals surface area contributed by atoms with E-state index in [0.29, 0.717) is 15.7 Å². The highest BCUT2D eigenvalue weighted by Gasteiger charge is 2.19. The van der Waals surface area contributed by atoms with Crippen LogP contribution in [0.5, 0.6) is 0 Å². The number of carbonyl (C=O) groups is 2. The van der Waals surface area contributed by atoms with E-state index in [1.807, 2.05) is 41.8 Å². The number of benzene rings is 1. The van der Waals surface area contributed by atoms with Crippen LogP contribution in [0.4, 0.5) is 5.00 Å². The average Bonchev–Trinajstić information content (AvgIpc) is 3.34. The van der Waals surface area contributed by atoms with Crippen LogP contribution < -0.4 is 5.32 Å². The summed E-state index contributed by atoms with van der Waals surface area (Å²) in [5.41, 5.74) is 1.32. The third-order valence-corrected chi connectivity index (χ3v) is 5.90. The van der Waals surface area contributed by atoms with E-state index in [2.05, 4.69) is 15.5 Å². The minimum absolute atomic E-state index is 0.146.